The van der Waals surface area contributed by atoms with Gasteiger partial charge < -0.3 is 10.6 Å². The smallest absolute Gasteiger partial charge is 0.220 e. The van der Waals surface area contributed by atoms with Crippen molar-refractivity contribution in [1.82, 2.24) is 10.6 Å². The zero-order valence-electron chi connectivity index (χ0n) is 14.3. The number of hydrogen-bond donors (Lipinski definition) is 2. The molecule has 1 fully saturated rings. The normalized spacial score (nSPS) is 16.4. The highest BCUT2D eigenvalue weighted by atomic mass is 35.5. The van der Waals surface area contributed by atoms with Crippen LogP contribution in [0.25, 0.3) is 10.8 Å². The summed E-state index contributed by atoms with van der Waals surface area (Å²) in [4.78, 5) is 12.2. The van der Waals surface area contributed by atoms with Gasteiger partial charge in [-0.3, -0.25) is 4.79 Å². The van der Waals surface area contributed by atoms with Gasteiger partial charge in [0, 0.05) is 6.42 Å². The molecule has 0 radical (unpaired) electrons. The summed E-state index contributed by atoms with van der Waals surface area (Å²) in [5, 5.41) is 8.98. The van der Waals surface area contributed by atoms with Crippen LogP contribution in [0.15, 0.2) is 42.5 Å². The van der Waals surface area contributed by atoms with Crippen LogP contribution in [-0.4, -0.2) is 19.0 Å². The molecule has 0 spiro atoms. The fraction of sp³-hybridized carbons (Fsp3) is 0.450. The van der Waals surface area contributed by atoms with Gasteiger partial charge in [-0.15, -0.1) is 12.4 Å². The first-order valence-corrected chi connectivity index (χ1v) is 8.71. The van der Waals surface area contributed by atoms with E-state index in [4.69, 9.17) is 0 Å². The Kier molecular flexibility index (Phi) is 7.07. The van der Waals surface area contributed by atoms with E-state index in [0.29, 0.717) is 12.3 Å². The Morgan fingerprint density at radius 3 is 2.62 bits per heavy atom. The molecule has 1 aliphatic heterocycles. The molecule has 24 heavy (non-hydrogen) atoms. The van der Waals surface area contributed by atoms with Crippen LogP contribution >= 0.6 is 12.4 Å². The maximum absolute atomic E-state index is 12.2. The van der Waals surface area contributed by atoms with Crippen LogP contribution in [0.1, 0.15) is 44.2 Å². The summed E-state index contributed by atoms with van der Waals surface area (Å²) in [5.41, 5.74) is 1.17. The Hall–Kier alpha value is -1.58. The molecule has 1 unspecified atom stereocenters. The fourth-order valence-electron chi connectivity index (χ4n) is 3.38. The van der Waals surface area contributed by atoms with Crippen LogP contribution in [0.3, 0.4) is 0 Å². The second-order valence-corrected chi connectivity index (χ2v) is 6.63. The van der Waals surface area contributed by atoms with Crippen LogP contribution in [0.5, 0.6) is 0 Å². The molecule has 3 rings (SSSR count). The Labute approximate surface area is 150 Å². The lowest BCUT2D eigenvalue weighted by Gasteiger charge is -2.22. The molecular weight excluding hydrogens is 320 g/mol. The van der Waals surface area contributed by atoms with Gasteiger partial charge in [0.05, 0.1) is 6.04 Å². The molecule has 0 saturated carbocycles. The highest BCUT2D eigenvalue weighted by molar-refractivity contribution is 5.85. The lowest BCUT2D eigenvalue weighted by molar-refractivity contribution is -0.122. The second-order valence-electron chi connectivity index (χ2n) is 6.63. The number of fused-ring (bicyclic) bond motifs is 1. The standard InChI is InChI=1S/C20H26N2O.ClH/c1-15(18-8-7-17-4-2-3-5-19(17)14-18)22-20(23)9-6-16-10-12-21-13-11-16;/h2-5,7-8,14-16,21H,6,9-13H2,1H3,(H,22,23);1H. The quantitative estimate of drug-likeness (QED) is 0.851. The van der Waals surface area contributed by atoms with Crippen molar-refractivity contribution in [2.75, 3.05) is 13.1 Å². The molecule has 1 atom stereocenters. The van der Waals surface area contributed by atoms with E-state index < -0.39 is 0 Å². The van der Waals surface area contributed by atoms with E-state index >= 15 is 0 Å². The average Bonchev–Trinajstić information content (AvgIpc) is 2.60. The molecule has 2 aromatic carbocycles. The summed E-state index contributed by atoms with van der Waals surface area (Å²) < 4.78 is 0. The number of halogens is 1. The van der Waals surface area contributed by atoms with E-state index in [2.05, 4.69) is 47.9 Å². The molecule has 130 valence electrons. The van der Waals surface area contributed by atoms with Crippen molar-refractivity contribution in [1.29, 1.82) is 0 Å². The third kappa shape index (κ3) is 4.96. The molecule has 0 bridgehead atoms. The predicted octanol–water partition coefficient (Wildman–Crippen LogP) is 4.22. The third-order valence-electron chi connectivity index (χ3n) is 4.89. The summed E-state index contributed by atoms with van der Waals surface area (Å²) in [5.74, 6) is 0.877. The van der Waals surface area contributed by atoms with Gasteiger partial charge in [-0.25, -0.2) is 0 Å². The van der Waals surface area contributed by atoms with Gasteiger partial charge >= 0.3 is 0 Å². The van der Waals surface area contributed by atoms with Crippen molar-refractivity contribution >= 4 is 29.1 Å². The van der Waals surface area contributed by atoms with Crippen molar-refractivity contribution < 1.29 is 4.79 Å². The van der Waals surface area contributed by atoms with Crippen LogP contribution in [0.2, 0.25) is 0 Å². The first-order valence-electron chi connectivity index (χ1n) is 8.71. The fourth-order valence-corrected chi connectivity index (χ4v) is 3.38. The molecule has 1 heterocycles. The molecule has 0 aromatic heterocycles. The minimum Gasteiger partial charge on any atom is -0.350 e. The maximum Gasteiger partial charge on any atom is 0.220 e. The molecule has 2 N–H and O–H groups in total. The van der Waals surface area contributed by atoms with Crippen LogP contribution in [0.4, 0.5) is 0 Å². The van der Waals surface area contributed by atoms with Crippen LogP contribution < -0.4 is 10.6 Å². The van der Waals surface area contributed by atoms with Gasteiger partial charge in [0.2, 0.25) is 5.91 Å². The molecule has 1 saturated heterocycles. The van der Waals surface area contributed by atoms with Crippen molar-refractivity contribution in [2.45, 2.75) is 38.6 Å². The van der Waals surface area contributed by atoms with Gasteiger partial charge in [-0.2, -0.15) is 0 Å². The van der Waals surface area contributed by atoms with Gasteiger partial charge in [0.15, 0.2) is 0 Å². The molecule has 1 amide bonds. The van der Waals surface area contributed by atoms with Gasteiger partial charge in [0.25, 0.3) is 0 Å². The number of piperidine rings is 1. The Balaban J connectivity index is 0.00000208. The number of rotatable bonds is 5. The van der Waals surface area contributed by atoms with Crippen molar-refractivity contribution in [3.05, 3.63) is 48.0 Å². The monoisotopic (exact) mass is 346 g/mol. The summed E-state index contributed by atoms with van der Waals surface area (Å²) in [6, 6.07) is 14.8. The molecule has 2 aromatic rings. The number of hydrogen-bond acceptors (Lipinski definition) is 2. The number of carbonyl (C=O) groups is 1. The predicted molar refractivity (Wildman–Crippen MR) is 103 cm³/mol. The van der Waals surface area contributed by atoms with Crippen molar-refractivity contribution in [2.24, 2.45) is 5.92 Å². The Bertz CT molecular complexity index is 667. The van der Waals surface area contributed by atoms with E-state index in [9.17, 15) is 4.79 Å². The molecule has 3 nitrogen and oxygen atoms in total. The number of amides is 1. The topological polar surface area (TPSA) is 41.1 Å². The van der Waals surface area contributed by atoms with Crippen LogP contribution in [0, 0.1) is 5.92 Å². The first kappa shape index (κ1) is 18.8. The highest BCUT2D eigenvalue weighted by Crippen LogP contribution is 2.21. The molecule has 0 aliphatic carbocycles. The zero-order valence-corrected chi connectivity index (χ0v) is 15.1. The summed E-state index contributed by atoms with van der Waals surface area (Å²) in [7, 11) is 0. The van der Waals surface area contributed by atoms with Crippen molar-refractivity contribution in [3.8, 4) is 0 Å². The van der Waals surface area contributed by atoms with Gasteiger partial charge in [0.1, 0.15) is 0 Å². The largest absolute Gasteiger partial charge is 0.350 e. The van der Waals surface area contributed by atoms with E-state index in [0.717, 1.165) is 19.5 Å². The van der Waals surface area contributed by atoms with Gasteiger partial charge in [-0.1, -0.05) is 36.4 Å². The SMILES string of the molecule is CC(NC(=O)CCC1CCNCC1)c1ccc2ccccc2c1.Cl. The van der Waals surface area contributed by atoms with E-state index in [-0.39, 0.29) is 24.4 Å². The molecule has 4 heteroatoms. The van der Waals surface area contributed by atoms with E-state index in [1.165, 1.54) is 29.2 Å². The minimum atomic E-state index is 0. The van der Waals surface area contributed by atoms with Crippen molar-refractivity contribution in [3.63, 3.8) is 0 Å². The lowest BCUT2D eigenvalue weighted by atomic mass is 9.93. The first-order chi connectivity index (χ1) is 11.2. The number of benzene rings is 2. The molecular formula is C20H27ClN2O. The maximum atomic E-state index is 12.2. The highest BCUT2D eigenvalue weighted by Gasteiger charge is 2.16. The third-order valence-corrected chi connectivity index (χ3v) is 4.89. The van der Waals surface area contributed by atoms with E-state index in [1.54, 1.807) is 0 Å². The van der Waals surface area contributed by atoms with Gasteiger partial charge in [-0.05, 0) is 67.6 Å². The second kappa shape index (κ2) is 9.05. The van der Waals surface area contributed by atoms with Crippen LogP contribution in [-0.2, 0) is 4.79 Å². The minimum absolute atomic E-state index is 0. The summed E-state index contributed by atoms with van der Waals surface area (Å²) in [6.07, 6.45) is 4.06. The van der Waals surface area contributed by atoms with E-state index in [1.807, 2.05) is 12.1 Å². The Morgan fingerprint density at radius 2 is 1.88 bits per heavy atom. The Morgan fingerprint density at radius 1 is 1.17 bits per heavy atom. The summed E-state index contributed by atoms with van der Waals surface area (Å²) >= 11 is 0. The number of carbonyl (C=O) groups excluding carboxylic acids is 1. The molecule has 1 aliphatic rings. The zero-order chi connectivity index (χ0) is 16.1. The number of nitrogens with one attached hydrogen (secondary N) is 2. The average molecular weight is 347 g/mol. The lowest BCUT2D eigenvalue weighted by Crippen LogP contribution is -2.30. The summed E-state index contributed by atoms with van der Waals surface area (Å²) in [6.45, 7) is 4.26.